The van der Waals surface area contributed by atoms with E-state index < -0.39 is 5.97 Å². The fraction of sp³-hybridized carbons (Fsp3) is 0.324. The number of nitrogens with zero attached hydrogens (tertiary/aromatic N) is 2. The third kappa shape index (κ3) is 12.1. The van der Waals surface area contributed by atoms with Crippen LogP contribution in [0.25, 0.3) is 10.9 Å². The first kappa shape index (κ1) is 38.3. The molecule has 3 aromatic carbocycles. The Hall–Kier alpha value is -2.85. The van der Waals surface area contributed by atoms with Crippen LogP contribution in [0.15, 0.2) is 72.8 Å². The average Bonchev–Trinajstić information content (AvgIpc) is 3.01. The first-order valence-corrected chi connectivity index (χ1v) is 15.5. The third-order valence-corrected chi connectivity index (χ3v) is 7.50. The molecule has 1 amide bonds. The average molecular weight is 662 g/mol. The first-order chi connectivity index (χ1) is 21.3. The molecule has 0 saturated carbocycles. The van der Waals surface area contributed by atoms with Crippen molar-refractivity contribution in [3.63, 3.8) is 0 Å². The number of para-hydroxylation sites is 3. The van der Waals surface area contributed by atoms with Crippen molar-refractivity contribution < 1.29 is 49.0 Å². The molecule has 0 aliphatic carbocycles. The number of carboxylic acids is 1. The molecule has 234 valence electrons. The van der Waals surface area contributed by atoms with Crippen molar-refractivity contribution in [2.45, 2.75) is 40.0 Å². The molecule has 4 aromatic rings. The second-order valence-electron chi connectivity index (χ2n) is 9.94. The number of aliphatic carboxylic acids is 1. The summed E-state index contributed by atoms with van der Waals surface area (Å²) in [6.07, 6.45) is 1.86. The summed E-state index contributed by atoms with van der Waals surface area (Å²) in [6, 6.07) is 21.6. The van der Waals surface area contributed by atoms with E-state index in [-0.39, 0.29) is 41.9 Å². The number of unbranched alkanes of at least 4 members (excludes halogenated alkanes) is 1. The van der Waals surface area contributed by atoms with E-state index in [0.29, 0.717) is 51.6 Å². The van der Waals surface area contributed by atoms with Crippen LogP contribution in [0.1, 0.15) is 49.5 Å². The maximum Gasteiger partial charge on any atom is 1.00 e. The van der Waals surface area contributed by atoms with Gasteiger partial charge in [-0.25, -0.2) is 4.98 Å². The Balaban J connectivity index is 0.000000317. The largest absolute Gasteiger partial charge is 1.00 e. The van der Waals surface area contributed by atoms with E-state index in [1.807, 2.05) is 24.3 Å². The van der Waals surface area contributed by atoms with E-state index in [1.165, 1.54) is 0 Å². The summed E-state index contributed by atoms with van der Waals surface area (Å²) in [5.74, 6) is -0.702. The Morgan fingerprint density at radius 3 is 2.27 bits per heavy atom. The number of benzene rings is 3. The molecule has 0 aliphatic rings. The number of fused-ring (bicyclic) bond motifs is 1. The van der Waals surface area contributed by atoms with Gasteiger partial charge in [0, 0.05) is 42.6 Å². The summed E-state index contributed by atoms with van der Waals surface area (Å²) in [5.41, 5.74) is 3.21. The van der Waals surface area contributed by atoms with Gasteiger partial charge in [0.05, 0.1) is 33.4 Å². The smallest absolute Gasteiger partial charge is 0.550 e. The number of likely N-dealkylation sites (N-methyl/N-ethyl adjacent to an activating group) is 1. The second-order valence-corrected chi connectivity index (χ2v) is 10.8. The van der Waals surface area contributed by atoms with Gasteiger partial charge in [0.25, 0.3) is 5.91 Å². The first-order valence-electron chi connectivity index (χ1n) is 14.8. The maximum absolute atomic E-state index is 12.7. The second kappa shape index (κ2) is 20.3. The standard InChI is InChI=1S/C20H29N3O2.C14H11Cl2NO2.Na/c1-4-7-14-25-19-15-17(16-10-8-9-11-18(16)22-19)20(24)21-12-13-23(5-2)6-3;15-10-5-3-6-11(16)14(10)17-12-7-2-1-4-9(12)8-13(18)19;/h8-11,15H,4-7,12-14H2,1-3H3,(H,21,24);1-7,17H,8H2,(H,18,19);/q;;+1/p-1. The molecule has 0 fully saturated rings. The third-order valence-electron chi connectivity index (χ3n) is 6.87. The minimum Gasteiger partial charge on any atom is -0.550 e. The molecular weight excluding hydrogens is 622 g/mol. The van der Waals surface area contributed by atoms with E-state index in [1.54, 1.807) is 48.5 Å². The number of amides is 1. The van der Waals surface area contributed by atoms with Gasteiger partial charge in [-0.15, -0.1) is 0 Å². The molecule has 4 rings (SSSR count). The number of carboxylic acid groups (broad SMARTS) is 1. The van der Waals surface area contributed by atoms with Gasteiger partial charge in [-0.3, -0.25) is 4.79 Å². The van der Waals surface area contributed by atoms with E-state index in [4.69, 9.17) is 27.9 Å². The van der Waals surface area contributed by atoms with Gasteiger partial charge in [0.15, 0.2) is 0 Å². The molecule has 0 saturated heterocycles. The van der Waals surface area contributed by atoms with Gasteiger partial charge in [0.2, 0.25) is 5.88 Å². The van der Waals surface area contributed by atoms with Crippen molar-refractivity contribution >= 4 is 57.4 Å². The van der Waals surface area contributed by atoms with E-state index in [0.717, 1.165) is 43.4 Å². The summed E-state index contributed by atoms with van der Waals surface area (Å²) in [6.45, 7) is 10.4. The zero-order valence-electron chi connectivity index (χ0n) is 26.4. The number of carbonyl (C=O) groups excluding carboxylic acids is 2. The Kier molecular flexibility index (Phi) is 17.3. The van der Waals surface area contributed by atoms with Crippen molar-refractivity contribution in [1.29, 1.82) is 0 Å². The van der Waals surface area contributed by atoms with Crippen molar-refractivity contribution in [3.05, 3.63) is 94.0 Å². The van der Waals surface area contributed by atoms with Crippen LogP contribution >= 0.6 is 23.2 Å². The minimum absolute atomic E-state index is 0. The van der Waals surface area contributed by atoms with Crippen molar-refractivity contribution in [1.82, 2.24) is 15.2 Å². The molecule has 0 bridgehead atoms. The number of hydrogen-bond donors (Lipinski definition) is 2. The number of hydrogen-bond acceptors (Lipinski definition) is 7. The van der Waals surface area contributed by atoms with Gasteiger partial charge in [-0.1, -0.05) is 92.9 Å². The van der Waals surface area contributed by atoms with Crippen LogP contribution in [-0.2, 0) is 11.2 Å². The predicted octanol–water partition coefficient (Wildman–Crippen LogP) is 3.52. The summed E-state index contributed by atoms with van der Waals surface area (Å²) in [4.78, 5) is 30.2. The molecule has 11 heteroatoms. The van der Waals surface area contributed by atoms with Crippen molar-refractivity contribution in [3.8, 4) is 5.88 Å². The van der Waals surface area contributed by atoms with Gasteiger partial charge < -0.3 is 30.2 Å². The van der Waals surface area contributed by atoms with Gasteiger partial charge in [0.1, 0.15) is 0 Å². The fourth-order valence-electron chi connectivity index (χ4n) is 4.40. The fourth-order valence-corrected chi connectivity index (χ4v) is 4.89. The van der Waals surface area contributed by atoms with Crippen LogP contribution in [0.2, 0.25) is 10.0 Å². The molecule has 1 aromatic heterocycles. The molecule has 1 heterocycles. The van der Waals surface area contributed by atoms with Gasteiger partial charge in [-0.2, -0.15) is 0 Å². The van der Waals surface area contributed by atoms with Crippen LogP contribution in [0.3, 0.4) is 0 Å². The number of halogens is 2. The van der Waals surface area contributed by atoms with E-state index >= 15 is 0 Å². The van der Waals surface area contributed by atoms with E-state index in [2.05, 4.69) is 41.3 Å². The molecule has 0 radical (unpaired) electrons. The molecule has 0 unspecified atom stereocenters. The van der Waals surface area contributed by atoms with Crippen molar-refractivity contribution in [2.24, 2.45) is 0 Å². The molecule has 8 nitrogen and oxygen atoms in total. The zero-order chi connectivity index (χ0) is 31.9. The molecule has 0 spiro atoms. The van der Waals surface area contributed by atoms with Crippen LogP contribution < -0.4 is 50.0 Å². The van der Waals surface area contributed by atoms with Crippen LogP contribution in [0, 0.1) is 0 Å². The summed E-state index contributed by atoms with van der Waals surface area (Å²) < 4.78 is 5.72. The maximum atomic E-state index is 12.7. The number of nitrogens with one attached hydrogen (secondary N) is 2. The number of anilines is 2. The van der Waals surface area contributed by atoms with Crippen molar-refractivity contribution in [2.75, 3.05) is 38.1 Å². The van der Waals surface area contributed by atoms with E-state index in [9.17, 15) is 14.7 Å². The Morgan fingerprint density at radius 1 is 0.933 bits per heavy atom. The topological polar surface area (TPSA) is 107 Å². The van der Waals surface area contributed by atoms with Gasteiger partial charge in [-0.05, 0) is 49.3 Å². The summed E-state index contributed by atoms with van der Waals surface area (Å²) in [7, 11) is 0. The normalized spacial score (nSPS) is 10.4. The minimum atomic E-state index is -1.14. The monoisotopic (exact) mass is 660 g/mol. The van der Waals surface area contributed by atoms with Crippen LogP contribution in [0.5, 0.6) is 5.88 Å². The Bertz CT molecular complexity index is 1520. The molecule has 0 atom stereocenters. The molecule has 2 N–H and O–H groups in total. The molecule has 45 heavy (non-hydrogen) atoms. The number of ether oxygens (including phenoxy) is 1. The SMILES string of the molecule is CCCCOc1cc(C(=O)NCCN(CC)CC)c2ccccc2n1.O=C([O-])Cc1ccccc1Nc1c(Cl)cccc1Cl.[Na+]. The van der Waals surface area contributed by atoms with Gasteiger partial charge >= 0.3 is 29.6 Å². The predicted molar refractivity (Wildman–Crippen MR) is 177 cm³/mol. The Morgan fingerprint density at radius 2 is 1.60 bits per heavy atom. The summed E-state index contributed by atoms with van der Waals surface area (Å²) >= 11 is 12.1. The number of rotatable bonds is 14. The zero-order valence-corrected chi connectivity index (χ0v) is 29.9. The Labute approximate surface area is 297 Å². The number of aromatic nitrogens is 1. The molecular formula is C34H39Cl2N4NaO4. The van der Waals surface area contributed by atoms with Crippen LogP contribution in [0.4, 0.5) is 11.4 Å². The number of carbonyl (C=O) groups is 2. The molecule has 0 aliphatic heterocycles. The summed E-state index contributed by atoms with van der Waals surface area (Å²) in [5, 5.41) is 18.6. The quantitative estimate of drug-likeness (QED) is 0.157. The van der Waals surface area contributed by atoms with Crippen LogP contribution in [-0.4, -0.2) is 54.5 Å². The number of pyridine rings is 1.